The van der Waals surface area contributed by atoms with Crippen LogP contribution in [0.15, 0.2) is 0 Å². The monoisotopic (exact) mass is 212 g/mol. The maximum absolute atomic E-state index is 3.67. The first-order valence-corrected chi connectivity index (χ1v) is 6.35. The molecule has 2 atom stereocenters. The maximum Gasteiger partial charge on any atom is 0.0272 e. The Morgan fingerprint density at radius 1 is 1.33 bits per heavy atom. The lowest BCUT2D eigenvalue weighted by Gasteiger charge is -2.48. The van der Waals surface area contributed by atoms with E-state index in [9.17, 15) is 0 Å². The number of nitrogens with zero attached hydrogens (tertiary/aromatic N) is 1. The lowest BCUT2D eigenvalue weighted by Crippen LogP contribution is -2.62. The number of hydrogen-bond acceptors (Lipinski definition) is 2. The van der Waals surface area contributed by atoms with Gasteiger partial charge in [0.2, 0.25) is 0 Å². The summed E-state index contributed by atoms with van der Waals surface area (Å²) in [4.78, 5) is 2.67. The number of piperazine rings is 1. The molecule has 2 nitrogen and oxygen atoms in total. The van der Waals surface area contributed by atoms with Crippen molar-refractivity contribution in [1.29, 1.82) is 0 Å². The molecule has 1 aliphatic rings. The summed E-state index contributed by atoms with van der Waals surface area (Å²) in [5.41, 5.74) is 0.371. The lowest BCUT2D eigenvalue weighted by atomic mass is 9.83. The molecule has 2 unspecified atom stereocenters. The van der Waals surface area contributed by atoms with Crippen LogP contribution in [0.1, 0.15) is 48.0 Å². The van der Waals surface area contributed by atoms with E-state index in [1.807, 2.05) is 0 Å². The smallest absolute Gasteiger partial charge is 0.0272 e. The first kappa shape index (κ1) is 13.0. The van der Waals surface area contributed by atoms with E-state index in [0.29, 0.717) is 23.5 Å². The van der Waals surface area contributed by atoms with Crippen molar-refractivity contribution >= 4 is 0 Å². The molecule has 0 aromatic carbocycles. The van der Waals surface area contributed by atoms with E-state index in [2.05, 4.69) is 51.8 Å². The molecule has 15 heavy (non-hydrogen) atoms. The topological polar surface area (TPSA) is 15.3 Å². The standard InChI is InChI=1S/C13H28N2/c1-7-11-9-15(10(2)3)12(8-14-11)13(4,5)6/h10-12,14H,7-9H2,1-6H3. The second kappa shape index (κ2) is 4.84. The second-order valence-corrected chi connectivity index (χ2v) is 6.19. The van der Waals surface area contributed by atoms with Gasteiger partial charge in [-0.15, -0.1) is 0 Å². The molecular weight excluding hydrogens is 184 g/mol. The highest BCUT2D eigenvalue weighted by molar-refractivity contribution is 4.93. The minimum atomic E-state index is 0.371. The summed E-state index contributed by atoms with van der Waals surface area (Å²) in [6.07, 6.45) is 1.24. The fourth-order valence-corrected chi connectivity index (χ4v) is 2.49. The van der Waals surface area contributed by atoms with Gasteiger partial charge in [-0.05, 0) is 25.7 Å². The Labute approximate surface area is 95.4 Å². The van der Waals surface area contributed by atoms with Crippen molar-refractivity contribution in [3.63, 3.8) is 0 Å². The molecule has 0 bridgehead atoms. The molecule has 1 aliphatic heterocycles. The Bertz CT molecular complexity index is 193. The van der Waals surface area contributed by atoms with E-state index in [1.165, 1.54) is 13.0 Å². The molecule has 1 saturated heterocycles. The van der Waals surface area contributed by atoms with Crippen molar-refractivity contribution in [2.75, 3.05) is 13.1 Å². The fraction of sp³-hybridized carbons (Fsp3) is 1.00. The molecule has 1 N–H and O–H groups in total. The molecule has 0 radical (unpaired) electrons. The van der Waals surface area contributed by atoms with E-state index >= 15 is 0 Å². The molecule has 0 spiro atoms. The third-order valence-electron chi connectivity index (χ3n) is 3.59. The summed E-state index contributed by atoms with van der Waals surface area (Å²) in [7, 11) is 0. The van der Waals surface area contributed by atoms with Gasteiger partial charge in [-0.1, -0.05) is 27.7 Å². The zero-order valence-corrected chi connectivity index (χ0v) is 11.3. The Morgan fingerprint density at radius 2 is 1.93 bits per heavy atom. The van der Waals surface area contributed by atoms with Crippen LogP contribution in [0.3, 0.4) is 0 Å². The minimum Gasteiger partial charge on any atom is -0.311 e. The highest BCUT2D eigenvalue weighted by atomic mass is 15.3. The Morgan fingerprint density at radius 3 is 2.33 bits per heavy atom. The molecule has 1 heterocycles. The highest BCUT2D eigenvalue weighted by Gasteiger charge is 2.35. The van der Waals surface area contributed by atoms with Crippen LogP contribution in [-0.2, 0) is 0 Å². The van der Waals surface area contributed by atoms with Crippen LogP contribution >= 0.6 is 0 Å². The van der Waals surface area contributed by atoms with Gasteiger partial charge in [0.05, 0.1) is 0 Å². The van der Waals surface area contributed by atoms with E-state index in [0.717, 1.165) is 6.54 Å². The van der Waals surface area contributed by atoms with E-state index < -0.39 is 0 Å². The number of hydrogen-bond donors (Lipinski definition) is 1. The van der Waals surface area contributed by atoms with E-state index in [1.54, 1.807) is 0 Å². The first-order valence-electron chi connectivity index (χ1n) is 6.35. The largest absolute Gasteiger partial charge is 0.311 e. The first-order chi connectivity index (χ1) is 6.86. The van der Waals surface area contributed by atoms with Crippen LogP contribution in [0.5, 0.6) is 0 Å². The number of rotatable bonds is 2. The van der Waals surface area contributed by atoms with Crippen LogP contribution in [0.2, 0.25) is 0 Å². The van der Waals surface area contributed by atoms with Crippen molar-refractivity contribution in [3.05, 3.63) is 0 Å². The molecule has 0 aliphatic carbocycles. The van der Waals surface area contributed by atoms with Crippen LogP contribution in [0.25, 0.3) is 0 Å². The van der Waals surface area contributed by atoms with E-state index in [-0.39, 0.29) is 0 Å². The molecule has 1 rings (SSSR count). The Balaban J connectivity index is 2.72. The molecule has 0 saturated carbocycles. The summed E-state index contributed by atoms with van der Waals surface area (Å²) in [6, 6.07) is 2.01. The summed E-state index contributed by atoms with van der Waals surface area (Å²) >= 11 is 0. The van der Waals surface area contributed by atoms with Gasteiger partial charge in [-0.3, -0.25) is 4.90 Å². The average molecular weight is 212 g/mol. The van der Waals surface area contributed by atoms with Crippen LogP contribution in [0.4, 0.5) is 0 Å². The summed E-state index contributed by atoms with van der Waals surface area (Å²) in [6.45, 7) is 16.3. The second-order valence-electron chi connectivity index (χ2n) is 6.19. The zero-order valence-electron chi connectivity index (χ0n) is 11.3. The van der Waals surface area contributed by atoms with Gasteiger partial charge in [0, 0.05) is 31.2 Å². The lowest BCUT2D eigenvalue weighted by molar-refractivity contribution is 0.0309. The Kier molecular flexibility index (Phi) is 4.19. The zero-order chi connectivity index (χ0) is 11.6. The van der Waals surface area contributed by atoms with Gasteiger partial charge < -0.3 is 5.32 Å². The average Bonchev–Trinajstić information content (AvgIpc) is 2.15. The molecule has 2 heteroatoms. The van der Waals surface area contributed by atoms with E-state index in [4.69, 9.17) is 0 Å². The van der Waals surface area contributed by atoms with Gasteiger partial charge in [0.25, 0.3) is 0 Å². The third-order valence-corrected chi connectivity index (χ3v) is 3.59. The SMILES string of the molecule is CCC1CN(C(C)C)C(C(C)(C)C)CN1. The minimum absolute atomic E-state index is 0.371. The predicted octanol–water partition coefficient (Wildman–Crippen LogP) is 2.49. The summed E-state index contributed by atoms with van der Waals surface area (Å²) in [5.74, 6) is 0. The predicted molar refractivity (Wildman–Crippen MR) is 67.2 cm³/mol. The van der Waals surface area contributed by atoms with Gasteiger partial charge in [0.1, 0.15) is 0 Å². The van der Waals surface area contributed by atoms with Crippen molar-refractivity contribution in [2.45, 2.75) is 66.1 Å². The van der Waals surface area contributed by atoms with Gasteiger partial charge in [-0.25, -0.2) is 0 Å². The molecule has 90 valence electrons. The van der Waals surface area contributed by atoms with Gasteiger partial charge >= 0.3 is 0 Å². The van der Waals surface area contributed by atoms with Crippen LogP contribution < -0.4 is 5.32 Å². The molecule has 1 fully saturated rings. The molecular formula is C13H28N2. The fourth-order valence-electron chi connectivity index (χ4n) is 2.49. The van der Waals surface area contributed by atoms with Crippen molar-refractivity contribution in [1.82, 2.24) is 10.2 Å². The summed E-state index contributed by atoms with van der Waals surface area (Å²) < 4.78 is 0. The van der Waals surface area contributed by atoms with Gasteiger partial charge in [0.15, 0.2) is 0 Å². The maximum atomic E-state index is 3.67. The normalized spacial score (nSPS) is 29.8. The number of nitrogens with one attached hydrogen (secondary N) is 1. The molecule has 0 amide bonds. The quantitative estimate of drug-likeness (QED) is 0.756. The van der Waals surface area contributed by atoms with Crippen molar-refractivity contribution < 1.29 is 0 Å². The highest BCUT2D eigenvalue weighted by Crippen LogP contribution is 2.28. The Hall–Kier alpha value is -0.0800. The summed E-state index contributed by atoms with van der Waals surface area (Å²) in [5, 5.41) is 3.67. The van der Waals surface area contributed by atoms with Crippen molar-refractivity contribution in [2.24, 2.45) is 5.41 Å². The van der Waals surface area contributed by atoms with Crippen molar-refractivity contribution in [3.8, 4) is 0 Å². The van der Waals surface area contributed by atoms with Crippen LogP contribution in [0, 0.1) is 5.41 Å². The molecule has 0 aromatic rings. The molecule has 0 aromatic heterocycles. The third kappa shape index (κ3) is 3.18. The van der Waals surface area contributed by atoms with Gasteiger partial charge in [-0.2, -0.15) is 0 Å². The van der Waals surface area contributed by atoms with Crippen LogP contribution in [-0.4, -0.2) is 36.1 Å².